The molecule has 0 aliphatic heterocycles. The minimum Gasteiger partial charge on any atom is -0.383 e. The van der Waals surface area contributed by atoms with Gasteiger partial charge in [-0.25, -0.2) is 4.98 Å². The summed E-state index contributed by atoms with van der Waals surface area (Å²) in [4.78, 5) is 18.7. The number of aromatic nitrogens is 2. The molecule has 0 radical (unpaired) electrons. The van der Waals surface area contributed by atoms with Crippen LogP contribution in [0.25, 0.3) is 11.0 Å². The van der Waals surface area contributed by atoms with E-state index in [1.165, 1.54) is 11.8 Å². The third kappa shape index (κ3) is 5.86. The number of rotatable bonds is 10. The molecule has 0 aliphatic carbocycles. The summed E-state index contributed by atoms with van der Waals surface area (Å²) in [7, 11) is 1.63. The third-order valence-electron chi connectivity index (χ3n) is 3.86. The minimum atomic E-state index is -0.117. The van der Waals surface area contributed by atoms with E-state index < -0.39 is 0 Å². The molecule has 0 spiro atoms. The van der Waals surface area contributed by atoms with Crippen LogP contribution in [0.1, 0.15) is 12.8 Å². The molecule has 7 nitrogen and oxygen atoms in total. The Morgan fingerprint density at radius 3 is 2.67 bits per heavy atom. The number of thioether (sulfide) groups is 1. The summed E-state index contributed by atoms with van der Waals surface area (Å²) in [5, 5.41) is 18.8. The molecule has 2 rings (SSSR count). The summed E-state index contributed by atoms with van der Waals surface area (Å²) < 4.78 is 7.18. The monoisotopic (exact) mass is 405 g/mol. The van der Waals surface area contributed by atoms with Crippen LogP contribution in [0.4, 0.5) is 0 Å². The van der Waals surface area contributed by atoms with Crippen molar-refractivity contribution in [3.05, 3.63) is 23.2 Å². The average molecular weight is 406 g/mol. The minimum absolute atomic E-state index is 0.117. The number of nitriles is 2. The molecule has 27 heavy (non-hydrogen) atoms. The van der Waals surface area contributed by atoms with Gasteiger partial charge < -0.3 is 14.2 Å². The first-order valence-electron chi connectivity index (χ1n) is 8.40. The van der Waals surface area contributed by atoms with Gasteiger partial charge in [0.2, 0.25) is 5.91 Å². The number of ether oxygens (including phenoxy) is 1. The van der Waals surface area contributed by atoms with Crippen molar-refractivity contribution in [1.82, 2.24) is 14.5 Å². The van der Waals surface area contributed by atoms with Crippen molar-refractivity contribution in [3.8, 4) is 12.1 Å². The molecule has 0 N–H and O–H groups in total. The highest BCUT2D eigenvalue weighted by Gasteiger charge is 2.17. The van der Waals surface area contributed by atoms with Crippen LogP contribution >= 0.6 is 23.4 Å². The van der Waals surface area contributed by atoms with Crippen molar-refractivity contribution in [2.75, 3.05) is 32.6 Å². The number of imidazole rings is 1. The van der Waals surface area contributed by atoms with E-state index >= 15 is 0 Å². The van der Waals surface area contributed by atoms with Gasteiger partial charge >= 0.3 is 0 Å². The zero-order valence-corrected chi connectivity index (χ0v) is 16.6. The lowest BCUT2D eigenvalue weighted by Gasteiger charge is -2.20. The summed E-state index contributed by atoms with van der Waals surface area (Å²) >= 11 is 7.39. The van der Waals surface area contributed by atoms with Crippen LogP contribution in [0.3, 0.4) is 0 Å². The fraction of sp³-hybridized carbons (Fsp3) is 0.444. The van der Waals surface area contributed by atoms with Crippen molar-refractivity contribution in [2.45, 2.75) is 24.5 Å². The number of fused-ring (bicyclic) bond motifs is 1. The fourth-order valence-corrected chi connectivity index (χ4v) is 3.65. The number of hydrogen-bond donors (Lipinski definition) is 0. The fourth-order valence-electron chi connectivity index (χ4n) is 2.54. The Balaban J connectivity index is 2.15. The van der Waals surface area contributed by atoms with Gasteiger partial charge in [0, 0.05) is 31.8 Å². The normalized spacial score (nSPS) is 10.5. The summed E-state index contributed by atoms with van der Waals surface area (Å²) in [6, 6.07) is 9.56. The summed E-state index contributed by atoms with van der Waals surface area (Å²) in [6.07, 6.45) is 0.485. The smallest absolute Gasteiger partial charge is 0.233 e. The van der Waals surface area contributed by atoms with Gasteiger partial charge in [0.1, 0.15) is 0 Å². The molecule has 0 unspecified atom stereocenters. The molecular formula is C18H20ClN5O2S. The van der Waals surface area contributed by atoms with Crippen LogP contribution in [-0.2, 0) is 16.1 Å². The zero-order chi connectivity index (χ0) is 19.6. The SMILES string of the molecule is COCCn1c(SCC(=O)N(CCC#N)CCC#N)nc2cc(Cl)ccc21. The molecule has 142 valence electrons. The lowest BCUT2D eigenvalue weighted by atomic mass is 10.3. The lowest BCUT2D eigenvalue weighted by molar-refractivity contribution is -0.128. The molecule has 1 amide bonds. The second kappa shape index (κ2) is 10.8. The van der Waals surface area contributed by atoms with E-state index in [-0.39, 0.29) is 24.5 Å². The topological polar surface area (TPSA) is 94.9 Å². The van der Waals surface area contributed by atoms with Crippen molar-refractivity contribution in [3.63, 3.8) is 0 Å². The first kappa shape index (κ1) is 21.0. The largest absolute Gasteiger partial charge is 0.383 e. The molecule has 0 bridgehead atoms. The number of nitrogens with zero attached hydrogens (tertiary/aromatic N) is 5. The van der Waals surface area contributed by atoms with E-state index in [0.29, 0.717) is 36.4 Å². The molecule has 0 aliphatic rings. The van der Waals surface area contributed by atoms with E-state index in [1.807, 2.05) is 22.8 Å². The van der Waals surface area contributed by atoms with E-state index in [9.17, 15) is 4.79 Å². The van der Waals surface area contributed by atoms with Crippen LogP contribution in [0.5, 0.6) is 0 Å². The van der Waals surface area contributed by atoms with Crippen molar-refractivity contribution in [2.24, 2.45) is 0 Å². The predicted molar refractivity (Wildman–Crippen MR) is 104 cm³/mol. The second-order valence-corrected chi connectivity index (χ2v) is 7.04. The highest BCUT2D eigenvalue weighted by Crippen LogP contribution is 2.26. The number of benzene rings is 1. The van der Waals surface area contributed by atoms with Gasteiger partial charge in [-0.1, -0.05) is 23.4 Å². The molecule has 0 saturated heterocycles. The van der Waals surface area contributed by atoms with E-state index in [4.69, 9.17) is 26.9 Å². The highest BCUT2D eigenvalue weighted by atomic mass is 35.5. The number of hydrogen-bond acceptors (Lipinski definition) is 6. The highest BCUT2D eigenvalue weighted by molar-refractivity contribution is 7.99. The Labute approximate surface area is 167 Å². The summed E-state index contributed by atoms with van der Waals surface area (Å²) in [5.74, 6) is 0.0647. The van der Waals surface area contributed by atoms with Crippen LogP contribution in [-0.4, -0.2) is 52.9 Å². The molecule has 2 aromatic rings. The van der Waals surface area contributed by atoms with Crippen LogP contribution in [0, 0.1) is 22.7 Å². The third-order valence-corrected chi connectivity index (χ3v) is 5.06. The van der Waals surface area contributed by atoms with Gasteiger partial charge in [0.25, 0.3) is 0 Å². The van der Waals surface area contributed by atoms with Crippen LogP contribution < -0.4 is 0 Å². The predicted octanol–water partition coefficient (Wildman–Crippen LogP) is 3.08. The molecule has 1 heterocycles. The quantitative estimate of drug-likeness (QED) is 0.563. The zero-order valence-electron chi connectivity index (χ0n) is 15.0. The van der Waals surface area contributed by atoms with E-state index in [0.717, 1.165) is 11.0 Å². The van der Waals surface area contributed by atoms with Gasteiger partial charge in [0.05, 0.1) is 48.4 Å². The maximum atomic E-state index is 12.5. The van der Waals surface area contributed by atoms with Gasteiger partial charge in [0.15, 0.2) is 5.16 Å². The Morgan fingerprint density at radius 1 is 1.33 bits per heavy atom. The second-order valence-electron chi connectivity index (χ2n) is 5.66. The lowest BCUT2D eigenvalue weighted by Crippen LogP contribution is -2.34. The number of amides is 1. The molecule has 0 saturated carbocycles. The number of halogens is 1. The Morgan fingerprint density at radius 2 is 2.04 bits per heavy atom. The molecule has 0 atom stereocenters. The molecule has 1 aromatic heterocycles. The number of carbonyl (C=O) groups excluding carboxylic acids is 1. The standard InChI is InChI=1S/C18H20ClN5O2S/c1-26-11-10-24-16-5-4-14(19)12-15(16)22-18(24)27-13-17(25)23(8-2-6-20)9-3-7-21/h4-5,12H,2-3,8-11,13H2,1H3. The molecule has 0 fully saturated rings. The van der Waals surface area contributed by atoms with E-state index in [1.54, 1.807) is 24.1 Å². The van der Waals surface area contributed by atoms with Crippen molar-refractivity contribution in [1.29, 1.82) is 10.5 Å². The first-order valence-corrected chi connectivity index (χ1v) is 9.76. The maximum absolute atomic E-state index is 12.5. The summed E-state index contributed by atoms with van der Waals surface area (Å²) in [6.45, 7) is 1.78. The van der Waals surface area contributed by atoms with Gasteiger partial charge in [-0.15, -0.1) is 0 Å². The van der Waals surface area contributed by atoms with Gasteiger partial charge in [-0.05, 0) is 18.2 Å². The van der Waals surface area contributed by atoms with Crippen molar-refractivity contribution >= 4 is 40.3 Å². The Kier molecular flexibility index (Phi) is 8.41. The maximum Gasteiger partial charge on any atom is 0.233 e. The van der Waals surface area contributed by atoms with Gasteiger partial charge in [-0.3, -0.25) is 4.79 Å². The van der Waals surface area contributed by atoms with Gasteiger partial charge in [-0.2, -0.15) is 10.5 Å². The van der Waals surface area contributed by atoms with Crippen molar-refractivity contribution < 1.29 is 9.53 Å². The van der Waals surface area contributed by atoms with E-state index in [2.05, 4.69) is 4.98 Å². The molecule has 9 heteroatoms. The van der Waals surface area contributed by atoms with Crippen LogP contribution in [0.15, 0.2) is 23.4 Å². The Hall–Kier alpha value is -2.26. The summed E-state index contributed by atoms with van der Waals surface area (Å²) in [5.41, 5.74) is 1.69. The van der Waals surface area contributed by atoms with Crippen LogP contribution in [0.2, 0.25) is 5.02 Å². The Bertz CT molecular complexity index is 853. The first-order chi connectivity index (χ1) is 13.1. The number of methoxy groups -OCH3 is 1. The molecule has 1 aromatic carbocycles. The molecular weight excluding hydrogens is 386 g/mol. The number of carbonyl (C=O) groups is 1. The average Bonchev–Trinajstić information content (AvgIpc) is 3.00.